The summed E-state index contributed by atoms with van der Waals surface area (Å²) in [6, 6.07) is 24.1. The number of rotatable bonds is 6. The molecule has 0 atom stereocenters. The van der Waals surface area contributed by atoms with E-state index < -0.39 is 0 Å². The summed E-state index contributed by atoms with van der Waals surface area (Å²) in [5.41, 5.74) is 1.92. The molecule has 33 heavy (non-hydrogen) atoms. The highest BCUT2D eigenvalue weighted by molar-refractivity contribution is 9.10. The molecule has 3 aromatic carbocycles. The molecule has 0 N–H and O–H groups in total. The molecular weight excluding hydrogens is 522 g/mol. The number of nitrogens with zero attached hydrogens (tertiary/aromatic N) is 3. The van der Waals surface area contributed by atoms with E-state index in [0.29, 0.717) is 16.5 Å². The number of halogens is 1. The Balaban J connectivity index is 1.69. The topological polar surface area (TPSA) is 78.2 Å². The first-order valence-corrected chi connectivity index (χ1v) is 12.2. The first-order valence-electron chi connectivity index (χ1n) is 9.78. The van der Waals surface area contributed by atoms with Gasteiger partial charge in [-0.15, -0.1) is 11.3 Å². The van der Waals surface area contributed by atoms with Crippen molar-refractivity contribution in [3.8, 4) is 22.8 Å². The fourth-order valence-corrected chi connectivity index (χ4v) is 6.05. The fraction of sp³-hybridized carbons (Fsp3) is 0. The lowest BCUT2D eigenvalue weighted by molar-refractivity contribution is -0.387. The van der Waals surface area contributed by atoms with Crippen LogP contribution >= 0.6 is 39.0 Å². The zero-order valence-electron chi connectivity index (χ0n) is 16.8. The Bertz CT molecular complexity index is 1460. The molecule has 0 saturated heterocycles. The van der Waals surface area contributed by atoms with Crippen molar-refractivity contribution < 1.29 is 9.66 Å². The molecule has 6 nitrogen and oxygen atoms in total. The number of fused-ring (bicyclic) bond motifs is 1. The molecule has 2 heterocycles. The lowest BCUT2D eigenvalue weighted by Crippen LogP contribution is -1.91. The number of hydrogen-bond donors (Lipinski definition) is 0. The Morgan fingerprint density at radius 3 is 2.42 bits per heavy atom. The standard InChI is InChI=1S/C24H14BrN3O3S2/c25-16-10-12-17(13-11-16)31-22-21-20(15-6-2-1-3-7-15)24(33-23(21)27-14-26-22)32-19-9-5-4-8-18(19)28(29)30/h1-14H. The second kappa shape index (κ2) is 9.30. The molecule has 5 rings (SSSR count). The molecule has 0 unspecified atom stereocenters. The average molecular weight is 536 g/mol. The van der Waals surface area contributed by atoms with Gasteiger partial charge in [-0.25, -0.2) is 9.97 Å². The van der Waals surface area contributed by atoms with Gasteiger partial charge in [-0.3, -0.25) is 10.1 Å². The minimum Gasteiger partial charge on any atom is -0.438 e. The summed E-state index contributed by atoms with van der Waals surface area (Å²) in [4.78, 5) is 21.4. The van der Waals surface area contributed by atoms with E-state index in [0.717, 1.165) is 30.0 Å². The van der Waals surface area contributed by atoms with E-state index in [1.54, 1.807) is 18.2 Å². The molecular formula is C24H14BrN3O3S2. The number of nitro benzene ring substituents is 1. The summed E-state index contributed by atoms with van der Waals surface area (Å²) in [6.45, 7) is 0. The molecule has 162 valence electrons. The van der Waals surface area contributed by atoms with Crippen LogP contribution in [0.15, 0.2) is 98.8 Å². The van der Waals surface area contributed by atoms with Gasteiger partial charge in [0.05, 0.1) is 19.4 Å². The van der Waals surface area contributed by atoms with Crippen molar-refractivity contribution >= 4 is 54.9 Å². The van der Waals surface area contributed by atoms with E-state index in [2.05, 4.69) is 25.9 Å². The van der Waals surface area contributed by atoms with Crippen LogP contribution < -0.4 is 4.74 Å². The van der Waals surface area contributed by atoms with Crippen LogP contribution in [0.3, 0.4) is 0 Å². The van der Waals surface area contributed by atoms with Crippen molar-refractivity contribution in [2.45, 2.75) is 9.10 Å². The zero-order valence-corrected chi connectivity index (χ0v) is 20.1. The van der Waals surface area contributed by atoms with E-state index in [9.17, 15) is 10.1 Å². The summed E-state index contributed by atoms with van der Waals surface area (Å²) in [5, 5.41) is 12.3. The Morgan fingerprint density at radius 2 is 1.67 bits per heavy atom. The van der Waals surface area contributed by atoms with Gasteiger partial charge in [-0.1, -0.05) is 70.2 Å². The van der Waals surface area contributed by atoms with E-state index in [1.165, 1.54) is 35.5 Å². The molecule has 5 aromatic rings. The Morgan fingerprint density at radius 1 is 0.939 bits per heavy atom. The largest absolute Gasteiger partial charge is 0.438 e. The van der Waals surface area contributed by atoms with Crippen molar-refractivity contribution in [3.05, 3.63) is 99.8 Å². The van der Waals surface area contributed by atoms with Gasteiger partial charge in [0.2, 0.25) is 5.88 Å². The van der Waals surface area contributed by atoms with E-state index in [-0.39, 0.29) is 10.6 Å². The number of para-hydroxylation sites is 1. The monoisotopic (exact) mass is 535 g/mol. The third kappa shape index (κ3) is 4.47. The summed E-state index contributed by atoms with van der Waals surface area (Å²) in [7, 11) is 0. The van der Waals surface area contributed by atoms with Gasteiger partial charge in [0.25, 0.3) is 5.69 Å². The second-order valence-electron chi connectivity index (χ2n) is 6.87. The van der Waals surface area contributed by atoms with Crippen molar-refractivity contribution in [3.63, 3.8) is 0 Å². The van der Waals surface area contributed by atoms with Crippen molar-refractivity contribution in [2.24, 2.45) is 0 Å². The van der Waals surface area contributed by atoms with Gasteiger partial charge in [0.15, 0.2) is 0 Å². The maximum absolute atomic E-state index is 11.6. The van der Waals surface area contributed by atoms with Crippen LogP contribution in [0.4, 0.5) is 5.69 Å². The molecule has 0 bridgehead atoms. The smallest absolute Gasteiger partial charge is 0.283 e. The highest BCUT2D eigenvalue weighted by atomic mass is 79.9. The average Bonchev–Trinajstić information content (AvgIpc) is 3.20. The molecule has 9 heteroatoms. The highest BCUT2D eigenvalue weighted by Crippen LogP contribution is 2.50. The number of ether oxygens (including phenoxy) is 1. The predicted octanol–water partition coefficient (Wildman–Crippen LogP) is 7.97. The zero-order chi connectivity index (χ0) is 22.8. The van der Waals surface area contributed by atoms with Gasteiger partial charge >= 0.3 is 0 Å². The van der Waals surface area contributed by atoms with Gasteiger partial charge in [-0.2, -0.15) is 0 Å². The molecule has 0 aliphatic rings. The van der Waals surface area contributed by atoms with Crippen LogP contribution in [0, 0.1) is 10.1 Å². The van der Waals surface area contributed by atoms with E-state index in [1.807, 2.05) is 54.6 Å². The maximum atomic E-state index is 11.6. The third-order valence-electron chi connectivity index (χ3n) is 4.78. The number of nitro groups is 1. The first kappa shape index (κ1) is 21.6. The summed E-state index contributed by atoms with van der Waals surface area (Å²) in [5.74, 6) is 1.09. The molecule has 2 aromatic heterocycles. The lowest BCUT2D eigenvalue weighted by atomic mass is 10.1. The lowest BCUT2D eigenvalue weighted by Gasteiger charge is -2.09. The third-order valence-corrected chi connectivity index (χ3v) is 7.65. The van der Waals surface area contributed by atoms with Crippen LogP contribution in [0.1, 0.15) is 0 Å². The SMILES string of the molecule is O=[N+]([O-])c1ccccc1Sc1sc2ncnc(Oc3ccc(Br)cc3)c2c1-c1ccccc1. The molecule has 0 radical (unpaired) electrons. The number of hydrogen-bond acceptors (Lipinski definition) is 7. The molecule has 0 amide bonds. The molecule has 0 fully saturated rings. The van der Waals surface area contributed by atoms with E-state index in [4.69, 9.17) is 4.74 Å². The Hall–Kier alpha value is -3.27. The molecule has 0 aliphatic carbocycles. The van der Waals surface area contributed by atoms with Crippen LogP contribution in [0.5, 0.6) is 11.6 Å². The van der Waals surface area contributed by atoms with Crippen LogP contribution in [-0.4, -0.2) is 14.9 Å². The minimum absolute atomic E-state index is 0.0661. The minimum atomic E-state index is -0.361. The number of benzene rings is 3. The Labute approximate surface area is 205 Å². The first-order chi connectivity index (χ1) is 16.1. The number of aromatic nitrogens is 2. The number of thiophene rings is 1. The van der Waals surface area contributed by atoms with Crippen LogP contribution in [0.2, 0.25) is 0 Å². The highest BCUT2D eigenvalue weighted by Gasteiger charge is 2.23. The molecule has 0 spiro atoms. The quantitative estimate of drug-likeness (QED) is 0.162. The van der Waals surface area contributed by atoms with Gasteiger partial charge in [-0.05, 0) is 35.9 Å². The molecule has 0 saturated carbocycles. The normalized spacial score (nSPS) is 10.9. The van der Waals surface area contributed by atoms with Crippen molar-refractivity contribution in [1.82, 2.24) is 9.97 Å². The van der Waals surface area contributed by atoms with Gasteiger partial charge in [0.1, 0.15) is 16.9 Å². The summed E-state index contributed by atoms with van der Waals surface area (Å²) < 4.78 is 7.98. The predicted molar refractivity (Wildman–Crippen MR) is 134 cm³/mol. The van der Waals surface area contributed by atoms with Gasteiger partial charge in [0, 0.05) is 16.1 Å². The van der Waals surface area contributed by atoms with E-state index >= 15 is 0 Å². The fourth-order valence-electron chi connectivity index (χ4n) is 3.31. The van der Waals surface area contributed by atoms with Crippen LogP contribution in [-0.2, 0) is 0 Å². The maximum Gasteiger partial charge on any atom is 0.283 e. The summed E-state index contributed by atoms with van der Waals surface area (Å²) in [6.07, 6.45) is 1.47. The van der Waals surface area contributed by atoms with Crippen molar-refractivity contribution in [1.29, 1.82) is 0 Å². The second-order valence-corrected chi connectivity index (χ2v) is 10.1. The van der Waals surface area contributed by atoms with Crippen LogP contribution in [0.25, 0.3) is 21.3 Å². The Kier molecular flexibility index (Phi) is 6.08. The van der Waals surface area contributed by atoms with Gasteiger partial charge < -0.3 is 4.74 Å². The van der Waals surface area contributed by atoms with Crippen molar-refractivity contribution in [2.75, 3.05) is 0 Å². The molecule has 0 aliphatic heterocycles. The summed E-state index contributed by atoms with van der Waals surface area (Å²) >= 11 is 6.25.